The van der Waals surface area contributed by atoms with Crippen molar-refractivity contribution in [3.8, 4) is 5.75 Å². The molecular formula is C21H23ClN4O2. The molecule has 0 saturated carbocycles. The summed E-state index contributed by atoms with van der Waals surface area (Å²) in [5.74, 6) is 1.69. The van der Waals surface area contributed by atoms with Crippen molar-refractivity contribution < 1.29 is 9.53 Å². The summed E-state index contributed by atoms with van der Waals surface area (Å²) in [6.07, 6.45) is 0. The van der Waals surface area contributed by atoms with Crippen molar-refractivity contribution in [2.24, 2.45) is 0 Å². The fraction of sp³-hybridized carbons (Fsp3) is 0.333. The summed E-state index contributed by atoms with van der Waals surface area (Å²) in [7, 11) is 1.67. The van der Waals surface area contributed by atoms with E-state index in [2.05, 4.69) is 14.9 Å². The highest BCUT2D eigenvalue weighted by molar-refractivity contribution is 6.30. The van der Waals surface area contributed by atoms with Crippen molar-refractivity contribution in [1.82, 2.24) is 19.8 Å². The van der Waals surface area contributed by atoms with Gasteiger partial charge in [-0.15, -0.1) is 0 Å². The second kappa shape index (κ2) is 7.81. The van der Waals surface area contributed by atoms with Gasteiger partial charge >= 0.3 is 0 Å². The normalized spacial score (nSPS) is 15.2. The van der Waals surface area contributed by atoms with Crippen LogP contribution in [0, 0.1) is 6.92 Å². The first kappa shape index (κ1) is 18.8. The largest absolute Gasteiger partial charge is 0.496 e. The van der Waals surface area contributed by atoms with E-state index in [0.717, 1.165) is 47.8 Å². The Bertz CT molecular complexity index is 1010. The van der Waals surface area contributed by atoms with Gasteiger partial charge in [-0.2, -0.15) is 0 Å². The van der Waals surface area contributed by atoms with Crippen molar-refractivity contribution in [3.63, 3.8) is 0 Å². The maximum absolute atomic E-state index is 13.0. The van der Waals surface area contributed by atoms with Gasteiger partial charge in [-0.1, -0.05) is 17.7 Å². The lowest BCUT2D eigenvalue weighted by molar-refractivity contribution is 0.0629. The molecule has 1 fully saturated rings. The number of methoxy groups -OCH3 is 1. The first-order valence-corrected chi connectivity index (χ1v) is 9.72. The Balaban J connectivity index is 1.44. The Kier molecular flexibility index (Phi) is 5.24. The minimum Gasteiger partial charge on any atom is -0.496 e. The van der Waals surface area contributed by atoms with Gasteiger partial charge in [0.05, 0.1) is 18.2 Å². The van der Waals surface area contributed by atoms with Gasteiger partial charge in [0.1, 0.15) is 17.1 Å². The van der Waals surface area contributed by atoms with E-state index >= 15 is 0 Å². The third kappa shape index (κ3) is 3.70. The third-order valence-corrected chi connectivity index (χ3v) is 5.39. The number of ether oxygens (including phenoxy) is 1. The Morgan fingerprint density at radius 2 is 2.00 bits per heavy atom. The van der Waals surface area contributed by atoms with Crippen LogP contribution in [0.3, 0.4) is 0 Å². The average Bonchev–Trinajstić information content (AvgIpc) is 3.08. The second-order valence-corrected chi connectivity index (χ2v) is 7.48. The molecule has 3 aromatic rings. The molecule has 0 spiro atoms. The predicted octanol–water partition coefficient (Wildman–Crippen LogP) is 3.49. The number of benzene rings is 2. The number of H-pyrrole nitrogens is 1. The molecule has 1 aliphatic rings. The highest BCUT2D eigenvalue weighted by Gasteiger charge is 2.24. The number of nitrogens with one attached hydrogen (secondary N) is 1. The van der Waals surface area contributed by atoms with Crippen LogP contribution in [-0.2, 0) is 6.54 Å². The molecule has 1 N–H and O–H groups in total. The summed E-state index contributed by atoms with van der Waals surface area (Å²) in [5.41, 5.74) is 3.37. The number of piperazine rings is 1. The van der Waals surface area contributed by atoms with E-state index in [0.29, 0.717) is 23.7 Å². The third-order valence-electron chi connectivity index (χ3n) is 5.16. The number of hydrogen-bond donors (Lipinski definition) is 1. The molecule has 2 heterocycles. The first-order valence-electron chi connectivity index (χ1n) is 9.34. The maximum Gasteiger partial charge on any atom is 0.256 e. The number of fused-ring (bicyclic) bond motifs is 1. The number of imidazole rings is 1. The first-order chi connectivity index (χ1) is 13.5. The predicted molar refractivity (Wildman–Crippen MR) is 110 cm³/mol. The number of aryl methyl sites for hydroxylation is 1. The molecule has 7 heteroatoms. The SMILES string of the molecule is COc1ccc(Cl)cc1CN1CCN(C(=O)c2cccc3[nH]c(C)nc23)CC1. The summed E-state index contributed by atoms with van der Waals surface area (Å²) in [4.78, 5) is 25.0. The average molecular weight is 399 g/mol. The van der Waals surface area contributed by atoms with Crippen LogP contribution < -0.4 is 4.74 Å². The number of rotatable bonds is 4. The summed E-state index contributed by atoms with van der Waals surface area (Å²) in [5, 5.41) is 0.701. The number of halogens is 1. The number of amides is 1. The molecule has 1 amide bonds. The molecule has 2 aromatic carbocycles. The van der Waals surface area contributed by atoms with Crippen LogP contribution in [0.1, 0.15) is 21.7 Å². The van der Waals surface area contributed by atoms with Crippen LogP contribution in [0.5, 0.6) is 5.75 Å². The molecule has 146 valence electrons. The van der Waals surface area contributed by atoms with Crippen LogP contribution in [0.15, 0.2) is 36.4 Å². The van der Waals surface area contributed by atoms with Gasteiger partial charge < -0.3 is 14.6 Å². The van der Waals surface area contributed by atoms with Crippen molar-refractivity contribution in [1.29, 1.82) is 0 Å². The van der Waals surface area contributed by atoms with E-state index in [1.165, 1.54) is 0 Å². The van der Waals surface area contributed by atoms with Gasteiger partial charge in [0.15, 0.2) is 0 Å². The topological polar surface area (TPSA) is 61.5 Å². The zero-order chi connectivity index (χ0) is 19.7. The lowest BCUT2D eigenvalue weighted by Gasteiger charge is -2.35. The molecule has 6 nitrogen and oxygen atoms in total. The van der Waals surface area contributed by atoms with Gasteiger partial charge in [-0.25, -0.2) is 4.98 Å². The smallest absolute Gasteiger partial charge is 0.256 e. The minimum absolute atomic E-state index is 0.0390. The monoisotopic (exact) mass is 398 g/mol. The molecule has 4 rings (SSSR count). The summed E-state index contributed by atoms with van der Waals surface area (Å²) >= 11 is 6.14. The zero-order valence-electron chi connectivity index (χ0n) is 16.0. The van der Waals surface area contributed by atoms with E-state index in [9.17, 15) is 4.79 Å². The van der Waals surface area contributed by atoms with Crippen LogP contribution in [0.25, 0.3) is 11.0 Å². The Hall–Kier alpha value is -2.57. The highest BCUT2D eigenvalue weighted by atomic mass is 35.5. The summed E-state index contributed by atoms with van der Waals surface area (Å²) < 4.78 is 5.44. The van der Waals surface area contributed by atoms with Crippen molar-refractivity contribution in [3.05, 3.63) is 58.4 Å². The lowest BCUT2D eigenvalue weighted by Crippen LogP contribution is -2.48. The molecule has 0 unspecified atom stereocenters. The van der Waals surface area contributed by atoms with Crippen LogP contribution in [0.2, 0.25) is 5.02 Å². The molecule has 0 radical (unpaired) electrons. The van der Waals surface area contributed by atoms with E-state index < -0.39 is 0 Å². The molecule has 1 saturated heterocycles. The maximum atomic E-state index is 13.0. The Morgan fingerprint density at radius 1 is 1.21 bits per heavy atom. The number of nitrogens with zero attached hydrogens (tertiary/aromatic N) is 3. The standard InChI is InChI=1S/C21H23ClN4O2/c1-14-23-18-5-3-4-17(20(18)24-14)21(27)26-10-8-25(9-11-26)13-15-12-16(22)6-7-19(15)28-2/h3-7,12H,8-11,13H2,1-2H3,(H,23,24). The van der Waals surface area contributed by atoms with Crippen LogP contribution in [-0.4, -0.2) is 59.0 Å². The lowest BCUT2D eigenvalue weighted by atomic mass is 10.1. The summed E-state index contributed by atoms with van der Waals surface area (Å²) in [6, 6.07) is 11.4. The van der Waals surface area contributed by atoms with Gasteiger partial charge in [-0.3, -0.25) is 9.69 Å². The molecule has 1 aromatic heterocycles. The van der Waals surface area contributed by atoms with Gasteiger partial charge in [0.2, 0.25) is 0 Å². The van der Waals surface area contributed by atoms with Crippen molar-refractivity contribution in [2.45, 2.75) is 13.5 Å². The van der Waals surface area contributed by atoms with E-state index in [-0.39, 0.29) is 5.91 Å². The molecule has 1 aliphatic heterocycles. The fourth-order valence-electron chi connectivity index (χ4n) is 3.72. The van der Waals surface area contributed by atoms with Crippen molar-refractivity contribution in [2.75, 3.05) is 33.3 Å². The molecular weight excluding hydrogens is 376 g/mol. The number of hydrogen-bond acceptors (Lipinski definition) is 4. The second-order valence-electron chi connectivity index (χ2n) is 7.05. The van der Waals surface area contributed by atoms with Gasteiger partial charge in [0.25, 0.3) is 5.91 Å². The fourth-order valence-corrected chi connectivity index (χ4v) is 3.91. The Labute approximate surface area is 169 Å². The highest BCUT2D eigenvalue weighted by Crippen LogP contribution is 2.25. The number of carbonyl (C=O) groups excluding carboxylic acids is 1. The number of aromatic amines is 1. The minimum atomic E-state index is 0.0390. The van der Waals surface area contributed by atoms with Crippen molar-refractivity contribution >= 4 is 28.5 Å². The number of para-hydroxylation sites is 1. The van der Waals surface area contributed by atoms with E-state index in [4.69, 9.17) is 16.3 Å². The van der Waals surface area contributed by atoms with Gasteiger partial charge in [-0.05, 0) is 37.3 Å². The van der Waals surface area contributed by atoms with E-state index in [1.54, 1.807) is 7.11 Å². The number of carbonyl (C=O) groups is 1. The summed E-state index contributed by atoms with van der Waals surface area (Å²) in [6.45, 7) is 5.62. The quantitative estimate of drug-likeness (QED) is 0.730. The van der Waals surface area contributed by atoms with E-state index in [1.807, 2.05) is 48.2 Å². The van der Waals surface area contributed by atoms with Crippen LogP contribution in [0.4, 0.5) is 0 Å². The zero-order valence-corrected chi connectivity index (χ0v) is 16.8. The number of aromatic nitrogens is 2. The molecule has 0 atom stereocenters. The van der Waals surface area contributed by atoms with Crippen LogP contribution >= 0.6 is 11.6 Å². The van der Waals surface area contributed by atoms with Gasteiger partial charge in [0, 0.05) is 43.3 Å². The molecule has 0 bridgehead atoms. The molecule has 0 aliphatic carbocycles. The Morgan fingerprint density at radius 3 is 2.75 bits per heavy atom. The molecule has 28 heavy (non-hydrogen) atoms.